The van der Waals surface area contributed by atoms with Gasteiger partial charge in [-0.3, -0.25) is 14.9 Å². The van der Waals surface area contributed by atoms with E-state index in [1.54, 1.807) is 12.3 Å². The van der Waals surface area contributed by atoms with E-state index in [0.717, 1.165) is 44.7 Å². The monoisotopic (exact) mass is 534 g/mol. The van der Waals surface area contributed by atoms with Gasteiger partial charge in [-0.1, -0.05) is 29.3 Å². The van der Waals surface area contributed by atoms with Gasteiger partial charge in [0.2, 0.25) is 0 Å². The molecule has 2 N–H and O–H groups in total. The third-order valence-electron chi connectivity index (χ3n) is 6.67. The van der Waals surface area contributed by atoms with Crippen molar-refractivity contribution in [2.24, 2.45) is 5.92 Å². The first kappa shape index (κ1) is 25.2. The van der Waals surface area contributed by atoms with Crippen LogP contribution in [0.4, 0.5) is 21.5 Å². The Hall–Kier alpha value is -3.44. The Balaban J connectivity index is 1.30. The van der Waals surface area contributed by atoms with E-state index in [-0.39, 0.29) is 5.02 Å². The van der Waals surface area contributed by atoms with E-state index in [0.29, 0.717) is 38.8 Å². The third kappa shape index (κ3) is 5.94. The van der Waals surface area contributed by atoms with Gasteiger partial charge < -0.3 is 10.6 Å². The minimum atomic E-state index is -0.509. The molecule has 0 bridgehead atoms. The molecule has 0 amide bonds. The summed E-state index contributed by atoms with van der Waals surface area (Å²) in [7, 11) is 0. The molecule has 188 valence electrons. The van der Waals surface area contributed by atoms with Crippen LogP contribution >= 0.6 is 23.2 Å². The highest BCUT2D eigenvalue weighted by atomic mass is 35.5. The van der Waals surface area contributed by atoms with Crippen LogP contribution in [-0.4, -0.2) is 34.5 Å². The van der Waals surface area contributed by atoms with E-state index in [4.69, 9.17) is 23.2 Å². The highest BCUT2D eigenvalue weighted by Crippen LogP contribution is 2.35. The fraction of sp³-hybridized carbons (Fsp3) is 0.250. The minimum absolute atomic E-state index is 0.00580. The van der Waals surface area contributed by atoms with E-state index < -0.39 is 5.82 Å². The number of hydrogen-bond acceptors (Lipinski definition) is 6. The van der Waals surface area contributed by atoms with Crippen molar-refractivity contribution in [3.8, 4) is 6.07 Å². The molecule has 0 spiro atoms. The van der Waals surface area contributed by atoms with Gasteiger partial charge in [0.25, 0.3) is 0 Å². The molecule has 37 heavy (non-hydrogen) atoms. The summed E-state index contributed by atoms with van der Waals surface area (Å²) < 4.78 is 13.6. The molecule has 6 nitrogen and oxygen atoms in total. The largest absolute Gasteiger partial charge is 0.385 e. The number of benzene rings is 2. The van der Waals surface area contributed by atoms with Gasteiger partial charge in [0.15, 0.2) is 0 Å². The second-order valence-corrected chi connectivity index (χ2v) is 10.0. The van der Waals surface area contributed by atoms with Crippen LogP contribution in [0.3, 0.4) is 0 Å². The van der Waals surface area contributed by atoms with E-state index in [2.05, 4.69) is 37.6 Å². The number of hydrogen-bond donors (Lipinski definition) is 2. The number of piperidine rings is 1. The second kappa shape index (κ2) is 11.3. The Morgan fingerprint density at radius 3 is 2.59 bits per heavy atom. The number of likely N-dealkylation sites (tertiary alicyclic amines) is 1. The van der Waals surface area contributed by atoms with Crippen LogP contribution in [0, 0.1) is 23.1 Å². The second-order valence-electron chi connectivity index (χ2n) is 9.23. The normalized spacial score (nSPS) is 14.4. The molecule has 0 unspecified atom stereocenters. The summed E-state index contributed by atoms with van der Waals surface area (Å²) in [6, 6.07) is 14.4. The lowest BCUT2D eigenvalue weighted by Gasteiger charge is -2.32. The number of pyridine rings is 2. The van der Waals surface area contributed by atoms with Crippen molar-refractivity contribution < 1.29 is 4.39 Å². The Labute approximate surface area is 225 Å². The lowest BCUT2D eigenvalue weighted by atomic mass is 9.96. The topological polar surface area (TPSA) is 76.9 Å². The van der Waals surface area contributed by atoms with Crippen LogP contribution in [0.2, 0.25) is 10.0 Å². The van der Waals surface area contributed by atoms with Gasteiger partial charge in [-0.05, 0) is 73.8 Å². The van der Waals surface area contributed by atoms with E-state index in [9.17, 15) is 9.65 Å². The van der Waals surface area contributed by atoms with Crippen LogP contribution in [0.1, 0.15) is 24.0 Å². The molecule has 2 aromatic heterocycles. The summed E-state index contributed by atoms with van der Waals surface area (Å²) >= 11 is 12.6. The fourth-order valence-electron chi connectivity index (χ4n) is 4.66. The van der Waals surface area contributed by atoms with Gasteiger partial charge in [-0.2, -0.15) is 5.26 Å². The zero-order chi connectivity index (χ0) is 25.8. The predicted molar refractivity (Wildman–Crippen MR) is 147 cm³/mol. The summed E-state index contributed by atoms with van der Waals surface area (Å²) in [5.41, 5.74) is 4.12. The van der Waals surface area contributed by atoms with Crippen molar-refractivity contribution in [1.82, 2.24) is 14.9 Å². The average molecular weight is 535 g/mol. The maximum absolute atomic E-state index is 13.6. The summed E-state index contributed by atoms with van der Waals surface area (Å²) in [5.74, 6) is 0.0342. The minimum Gasteiger partial charge on any atom is -0.385 e. The van der Waals surface area contributed by atoms with Crippen LogP contribution in [0.15, 0.2) is 61.1 Å². The Kier molecular flexibility index (Phi) is 7.71. The van der Waals surface area contributed by atoms with Crippen LogP contribution in [-0.2, 0) is 6.54 Å². The number of anilines is 3. The van der Waals surface area contributed by atoms with E-state index >= 15 is 0 Å². The number of rotatable bonds is 7. The van der Waals surface area contributed by atoms with Crippen molar-refractivity contribution in [2.75, 3.05) is 30.3 Å². The molecule has 3 heterocycles. The van der Waals surface area contributed by atoms with Crippen molar-refractivity contribution in [2.45, 2.75) is 19.4 Å². The van der Waals surface area contributed by atoms with Crippen molar-refractivity contribution in [1.29, 1.82) is 5.26 Å². The third-order valence-corrected chi connectivity index (χ3v) is 7.24. The number of aromatic nitrogens is 2. The standard InChI is InChI=1S/C28H25Cl2FN6/c29-24-11-21(3-4-26(24)31)36-27-20(13-32)16-35-28-23(27)10-22(12-25(28)30)34-15-18-5-8-37(9-6-18)17-19-2-1-7-33-14-19/h1-4,7,10-12,14,16,18,34H,5-6,8-9,15,17H2,(H,35,36). The predicted octanol–water partition coefficient (Wildman–Crippen LogP) is 7.02. The fourth-order valence-corrected chi connectivity index (χ4v) is 5.11. The highest BCUT2D eigenvalue weighted by molar-refractivity contribution is 6.36. The number of nitriles is 1. The van der Waals surface area contributed by atoms with E-state index in [1.165, 1.54) is 23.9 Å². The molecule has 0 atom stereocenters. The molecule has 9 heteroatoms. The summed E-state index contributed by atoms with van der Waals surface area (Å²) in [4.78, 5) is 11.1. The SMILES string of the molecule is N#Cc1cnc2c(Cl)cc(NCC3CCN(Cc4cccnc4)CC3)cc2c1Nc1ccc(F)c(Cl)c1. The molecule has 0 radical (unpaired) electrons. The Morgan fingerprint density at radius 2 is 1.86 bits per heavy atom. The van der Waals surface area contributed by atoms with E-state index in [1.807, 2.05) is 24.4 Å². The molecule has 5 rings (SSSR count). The van der Waals surface area contributed by atoms with Crippen molar-refractivity contribution in [3.63, 3.8) is 0 Å². The Bertz CT molecular complexity index is 1450. The molecule has 1 aliphatic heterocycles. The lowest BCUT2D eigenvalue weighted by molar-refractivity contribution is 0.182. The van der Waals surface area contributed by atoms with Gasteiger partial charge in [0.1, 0.15) is 11.9 Å². The van der Waals surface area contributed by atoms with Gasteiger partial charge in [0, 0.05) is 48.4 Å². The maximum atomic E-state index is 13.6. The van der Waals surface area contributed by atoms with Crippen LogP contribution in [0.25, 0.3) is 10.9 Å². The average Bonchev–Trinajstić information content (AvgIpc) is 2.91. The van der Waals surface area contributed by atoms with Gasteiger partial charge in [0.05, 0.1) is 26.8 Å². The van der Waals surface area contributed by atoms with Crippen LogP contribution < -0.4 is 10.6 Å². The molecule has 1 saturated heterocycles. The maximum Gasteiger partial charge on any atom is 0.141 e. The number of nitrogens with zero attached hydrogens (tertiary/aromatic N) is 4. The van der Waals surface area contributed by atoms with Crippen molar-refractivity contribution in [3.05, 3.63) is 88.0 Å². The Morgan fingerprint density at radius 1 is 1.05 bits per heavy atom. The first-order valence-corrected chi connectivity index (χ1v) is 12.9. The first-order valence-electron chi connectivity index (χ1n) is 12.1. The van der Waals surface area contributed by atoms with Gasteiger partial charge >= 0.3 is 0 Å². The summed E-state index contributed by atoms with van der Waals surface area (Å²) in [5, 5.41) is 17.6. The quantitative estimate of drug-likeness (QED) is 0.265. The summed E-state index contributed by atoms with van der Waals surface area (Å²) in [6.45, 7) is 3.84. The zero-order valence-electron chi connectivity index (χ0n) is 20.0. The smallest absolute Gasteiger partial charge is 0.141 e. The molecule has 4 aromatic rings. The van der Waals surface area contributed by atoms with Crippen molar-refractivity contribution >= 4 is 51.2 Å². The molecule has 0 aliphatic carbocycles. The molecule has 0 saturated carbocycles. The molecular weight excluding hydrogens is 510 g/mol. The highest BCUT2D eigenvalue weighted by Gasteiger charge is 2.20. The molecule has 2 aromatic carbocycles. The summed E-state index contributed by atoms with van der Waals surface area (Å²) in [6.07, 6.45) is 7.42. The van der Waals surface area contributed by atoms with Gasteiger partial charge in [-0.25, -0.2) is 4.39 Å². The number of nitrogens with one attached hydrogen (secondary N) is 2. The van der Waals surface area contributed by atoms with Gasteiger partial charge in [-0.15, -0.1) is 0 Å². The number of halogens is 3. The lowest BCUT2D eigenvalue weighted by Crippen LogP contribution is -2.35. The molecule has 1 fully saturated rings. The molecule has 1 aliphatic rings. The van der Waals surface area contributed by atoms with Crippen LogP contribution in [0.5, 0.6) is 0 Å². The zero-order valence-corrected chi connectivity index (χ0v) is 21.5. The first-order chi connectivity index (χ1) is 18.0. The number of fused-ring (bicyclic) bond motifs is 1. The molecular formula is C28H25Cl2FN6.